The molecule has 2 heterocycles. The van der Waals surface area contributed by atoms with Gasteiger partial charge in [0.15, 0.2) is 0 Å². The molecule has 0 radical (unpaired) electrons. The molecule has 0 aliphatic carbocycles. The largest absolute Gasteiger partial charge is 0.322 e. The zero-order valence-electron chi connectivity index (χ0n) is 11.0. The summed E-state index contributed by atoms with van der Waals surface area (Å²) in [6.07, 6.45) is 0.871. The average molecular weight is 288 g/mol. The van der Waals surface area contributed by atoms with Gasteiger partial charge in [-0.25, -0.2) is 4.98 Å². The van der Waals surface area contributed by atoms with E-state index in [2.05, 4.69) is 31.0 Å². The number of nitrogens with two attached hydrogens (primary N) is 1. The number of rotatable bonds is 3. The molecular formula is C15H16N2S2. The van der Waals surface area contributed by atoms with E-state index in [1.165, 1.54) is 20.0 Å². The van der Waals surface area contributed by atoms with Gasteiger partial charge in [-0.2, -0.15) is 0 Å². The van der Waals surface area contributed by atoms with Crippen molar-refractivity contribution in [1.82, 2.24) is 4.98 Å². The molecule has 0 aliphatic rings. The Hall–Kier alpha value is -1.23. The van der Waals surface area contributed by atoms with Gasteiger partial charge in [0.1, 0.15) is 5.01 Å². The van der Waals surface area contributed by atoms with Crippen LogP contribution in [0.4, 0.5) is 0 Å². The van der Waals surface area contributed by atoms with Gasteiger partial charge >= 0.3 is 0 Å². The molecule has 0 bridgehead atoms. The molecule has 1 atom stereocenters. The predicted octanol–water partition coefficient (Wildman–Crippen LogP) is 4.22. The van der Waals surface area contributed by atoms with Crippen LogP contribution in [0, 0.1) is 13.8 Å². The van der Waals surface area contributed by atoms with Crippen molar-refractivity contribution >= 4 is 32.9 Å². The maximum atomic E-state index is 6.32. The second kappa shape index (κ2) is 5.04. The summed E-state index contributed by atoms with van der Waals surface area (Å²) in [6.45, 7) is 4.31. The molecule has 2 nitrogen and oxygen atoms in total. The zero-order chi connectivity index (χ0) is 13.4. The Morgan fingerprint density at radius 3 is 2.68 bits per heavy atom. The molecule has 0 aliphatic heterocycles. The summed E-state index contributed by atoms with van der Waals surface area (Å²) < 4.78 is 1.21. The van der Waals surface area contributed by atoms with Crippen LogP contribution < -0.4 is 5.73 Å². The fourth-order valence-corrected chi connectivity index (χ4v) is 4.19. The lowest BCUT2D eigenvalue weighted by Gasteiger charge is -2.07. The lowest BCUT2D eigenvalue weighted by molar-refractivity contribution is 0.716. The smallest absolute Gasteiger partial charge is 0.111 e. The van der Waals surface area contributed by atoms with Crippen molar-refractivity contribution in [3.63, 3.8) is 0 Å². The number of nitrogens with zero attached hydrogens (tertiary/aromatic N) is 1. The molecule has 2 aromatic heterocycles. The maximum Gasteiger partial charge on any atom is 0.111 e. The lowest BCUT2D eigenvalue weighted by Crippen LogP contribution is -2.13. The summed E-state index contributed by atoms with van der Waals surface area (Å²) in [6, 6.07) is 10.4. The fraction of sp³-hybridized carbons (Fsp3) is 0.267. The van der Waals surface area contributed by atoms with Gasteiger partial charge in [-0.3, -0.25) is 0 Å². The first kappa shape index (κ1) is 12.8. The number of aryl methyl sites for hydroxylation is 2. The van der Waals surface area contributed by atoms with Crippen LogP contribution in [0.1, 0.15) is 26.4 Å². The first-order valence-electron chi connectivity index (χ1n) is 6.30. The van der Waals surface area contributed by atoms with E-state index in [0.717, 1.165) is 16.9 Å². The standard InChI is InChI=1S/C15H16N2S2/c1-9-7-11(10(2)18-9)8-12(16)15-17-13-5-3-4-6-14(13)19-15/h3-7,12H,8,16H2,1-2H3. The van der Waals surface area contributed by atoms with Crippen molar-refractivity contribution in [3.8, 4) is 0 Å². The molecule has 0 spiro atoms. The minimum atomic E-state index is -0.00917. The molecule has 3 rings (SSSR count). The van der Waals surface area contributed by atoms with Gasteiger partial charge in [-0.05, 0) is 44.0 Å². The Morgan fingerprint density at radius 2 is 2.00 bits per heavy atom. The maximum absolute atomic E-state index is 6.32. The molecule has 3 aromatic rings. The van der Waals surface area contributed by atoms with Crippen LogP contribution in [-0.4, -0.2) is 4.98 Å². The van der Waals surface area contributed by atoms with E-state index in [4.69, 9.17) is 5.73 Å². The summed E-state index contributed by atoms with van der Waals surface area (Å²) in [4.78, 5) is 7.36. The fourth-order valence-electron chi connectivity index (χ4n) is 2.26. The molecule has 19 heavy (non-hydrogen) atoms. The van der Waals surface area contributed by atoms with Crippen LogP contribution in [0.15, 0.2) is 30.3 Å². The topological polar surface area (TPSA) is 38.9 Å². The number of hydrogen-bond donors (Lipinski definition) is 1. The highest BCUT2D eigenvalue weighted by molar-refractivity contribution is 7.18. The van der Waals surface area contributed by atoms with Gasteiger partial charge in [0.25, 0.3) is 0 Å². The molecule has 98 valence electrons. The van der Waals surface area contributed by atoms with E-state index in [0.29, 0.717) is 0 Å². The third-order valence-electron chi connectivity index (χ3n) is 3.21. The molecule has 1 unspecified atom stereocenters. The summed E-state index contributed by atoms with van der Waals surface area (Å²) >= 11 is 3.54. The second-order valence-electron chi connectivity index (χ2n) is 4.77. The third kappa shape index (κ3) is 2.56. The van der Waals surface area contributed by atoms with Crippen molar-refractivity contribution in [2.45, 2.75) is 26.3 Å². The lowest BCUT2D eigenvalue weighted by atomic mass is 10.1. The highest BCUT2D eigenvalue weighted by Crippen LogP contribution is 2.29. The van der Waals surface area contributed by atoms with Crippen LogP contribution in [0.25, 0.3) is 10.2 Å². The highest BCUT2D eigenvalue weighted by atomic mass is 32.1. The molecular weight excluding hydrogens is 272 g/mol. The van der Waals surface area contributed by atoms with E-state index in [1.54, 1.807) is 11.3 Å². The number of thiazole rings is 1. The van der Waals surface area contributed by atoms with E-state index < -0.39 is 0 Å². The average Bonchev–Trinajstić information content (AvgIpc) is 2.93. The SMILES string of the molecule is Cc1cc(CC(N)c2nc3ccccc3s2)c(C)s1. The normalized spacial score (nSPS) is 13.0. The molecule has 2 N–H and O–H groups in total. The van der Waals surface area contributed by atoms with Crippen molar-refractivity contribution in [2.75, 3.05) is 0 Å². The van der Waals surface area contributed by atoms with Crippen LogP contribution in [0.3, 0.4) is 0 Å². The number of hydrogen-bond acceptors (Lipinski definition) is 4. The Bertz CT molecular complexity index is 679. The van der Waals surface area contributed by atoms with Crippen LogP contribution in [-0.2, 0) is 6.42 Å². The predicted molar refractivity (Wildman–Crippen MR) is 84.0 cm³/mol. The second-order valence-corrected chi connectivity index (χ2v) is 7.29. The van der Waals surface area contributed by atoms with Gasteiger partial charge in [0.2, 0.25) is 0 Å². The van der Waals surface area contributed by atoms with E-state index in [1.807, 2.05) is 29.5 Å². The number of aromatic nitrogens is 1. The molecule has 0 amide bonds. The van der Waals surface area contributed by atoms with Crippen LogP contribution in [0.5, 0.6) is 0 Å². The summed E-state index contributed by atoms with van der Waals surface area (Å²) in [7, 11) is 0. The summed E-state index contributed by atoms with van der Waals surface area (Å²) in [5.74, 6) is 0. The first-order valence-corrected chi connectivity index (χ1v) is 7.94. The van der Waals surface area contributed by atoms with E-state index >= 15 is 0 Å². The van der Waals surface area contributed by atoms with Gasteiger partial charge in [0.05, 0.1) is 16.3 Å². The molecule has 0 saturated carbocycles. The Kier molecular flexibility index (Phi) is 3.39. The minimum absolute atomic E-state index is 0.00917. The van der Waals surface area contributed by atoms with E-state index in [-0.39, 0.29) is 6.04 Å². The molecule has 0 saturated heterocycles. The molecule has 1 aromatic carbocycles. The first-order chi connectivity index (χ1) is 9.13. The number of para-hydroxylation sites is 1. The monoisotopic (exact) mass is 288 g/mol. The van der Waals surface area contributed by atoms with Gasteiger partial charge in [-0.15, -0.1) is 22.7 Å². The van der Waals surface area contributed by atoms with Gasteiger partial charge in [-0.1, -0.05) is 12.1 Å². The van der Waals surface area contributed by atoms with Crippen LogP contribution in [0.2, 0.25) is 0 Å². The molecule has 4 heteroatoms. The third-order valence-corrected chi connectivity index (χ3v) is 5.39. The summed E-state index contributed by atoms with van der Waals surface area (Å²) in [5, 5.41) is 1.03. The Labute approximate surface area is 120 Å². The van der Waals surface area contributed by atoms with Gasteiger partial charge in [0, 0.05) is 9.75 Å². The van der Waals surface area contributed by atoms with E-state index in [9.17, 15) is 0 Å². The van der Waals surface area contributed by atoms with Crippen molar-refractivity contribution in [3.05, 3.63) is 50.7 Å². The molecule has 0 fully saturated rings. The number of benzene rings is 1. The van der Waals surface area contributed by atoms with Gasteiger partial charge < -0.3 is 5.73 Å². The minimum Gasteiger partial charge on any atom is -0.322 e. The Balaban J connectivity index is 1.87. The zero-order valence-corrected chi connectivity index (χ0v) is 12.6. The highest BCUT2D eigenvalue weighted by Gasteiger charge is 2.14. The number of thiophene rings is 1. The Morgan fingerprint density at radius 1 is 1.21 bits per heavy atom. The van der Waals surface area contributed by atoms with Crippen molar-refractivity contribution in [2.24, 2.45) is 5.73 Å². The van der Waals surface area contributed by atoms with Crippen molar-refractivity contribution in [1.29, 1.82) is 0 Å². The van der Waals surface area contributed by atoms with Crippen LogP contribution >= 0.6 is 22.7 Å². The quantitative estimate of drug-likeness (QED) is 0.784. The van der Waals surface area contributed by atoms with Crippen molar-refractivity contribution < 1.29 is 0 Å². The number of fused-ring (bicyclic) bond motifs is 1. The summed E-state index contributed by atoms with van der Waals surface area (Å²) in [5.41, 5.74) is 8.73.